The van der Waals surface area contributed by atoms with Crippen molar-refractivity contribution in [3.05, 3.63) is 88.2 Å². The molecule has 0 saturated carbocycles. The van der Waals surface area contributed by atoms with Crippen molar-refractivity contribution >= 4 is 17.5 Å². The molecule has 3 nitrogen and oxygen atoms in total. The number of fused-ring (bicyclic) bond motifs is 1. The van der Waals surface area contributed by atoms with Crippen LogP contribution in [0.3, 0.4) is 0 Å². The van der Waals surface area contributed by atoms with E-state index in [0.29, 0.717) is 22.4 Å². The molecule has 4 heteroatoms. The summed E-state index contributed by atoms with van der Waals surface area (Å²) in [6, 6.07) is 16.7. The molecular formula is C23H18FNO2. The number of benzene rings is 3. The molecular weight excluding hydrogens is 341 g/mol. The molecule has 27 heavy (non-hydrogen) atoms. The van der Waals surface area contributed by atoms with Crippen molar-refractivity contribution in [1.29, 1.82) is 0 Å². The predicted molar refractivity (Wildman–Crippen MR) is 104 cm³/mol. The number of hydrogen-bond acceptors (Lipinski definition) is 2. The highest BCUT2D eigenvalue weighted by Crippen LogP contribution is 2.39. The van der Waals surface area contributed by atoms with Crippen molar-refractivity contribution in [2.24, 2.45) is 0 Å². The second-order valence-corrected chi connectivity index (χ2v) is 6.77. The van der Waals surface area contributed by atoms with E-state index >= 15 is 0 Å². The van der Waals surface area contributed by atoms with Gasteiger partial charge in [0.15, 0.2) is 0 Å². The molecule has 0 saturated heterocycles. The Labute approximate surface area is 157 Å². The van der Waals surface area contributed by atoms with Crippen molar-refractivity contribution in [3.63, 3.8) is 0 Å². The molecule has 3 aromatic rings. The average Bonchev–Trinajstić information content (AvgIpc) is 2.95. The number of carbonyl (C=O) groups excluding carboxylic acids is 2. The van der Waals surface area contributed by atoms with E-state index in [4.69, 9.17) is 0 Å². The monoisotopic (exact) mass is 359 g/mol. The number of amides is 2. The molecule has 1 aliphatic rings. The van der Waals surface area contributed by atoms with Crippen LogP contribution in [-0.2, 0) is 0 Å². The van der Waals surface area contributed by atoms with Crippen LogP contribution in [0.4, 0.5) is 10.1 Å². The fourth-order valence-corrected chi connectivity index (χ4v) is 3.65. The summed E-state index contributed by atoms with van der Waals surface area (Å²) in [5.41, 5.74) is 3.90. The lowest BCUT2D eigenvalue weighted by atomic mass is 9.94. The third-order valence-electron chi connectivity index (χ3n) is 5.36. The number of anilines is 1. The number of rotatable bonds is 2. The molecule has 0 atom stereocenters. The van der Waals surface area contributed by atoms with Crippen LogP contribution in [0.15, 0.2) is 54.6 Å². The Kier molecular flexibility index (Phi) is 3.92. The van der Waals surface area contributed by atoms with Gasteiger partial charge in [-0.3, -0.25) is 9.59 Å². The Morgan fingerprint density at radius 1 is 0.704 bits per heavy atom. The fourth-order valence-electron chi connectivity index (χ4n) is 3.65. The lowest BCUT2D eigenvalue weighted by molar-refractivity contribution is 0.0925. The Morgan fingerprint density at radius 3 is 2.00 bits per heavy atom. The molecule has 1 aliphatic heterocycles. The fraction of sp³-hybridized carbons (Fsp3) is 0.130. The van der Waals surface area contributed by atoms with Crippen molar-refractivity contribution in [1.82, 2.24) is 0 Å². The Bertz CT molecular complexity index is 1060. The lowest BCUT2D eigenvalue weighted by Gasteiger charge is -2.18. The van der Waals surface area contributed by atoms with Crippen LogP contribution in [0, 0.1) is 26.6 Å². The molecule has 134 valence electrons. The van der Waals surface area contributed by atoms with Gasteiger partial charge in [-0.25, -0.2) is 9.29 Å². The van der Waals surface area contributed by atoms with Crippen LogP contribution in [0.25, 0.3) is 11.1 Å². The summed E-state index contributed by atoms with van der Waals surface area (Å²) in [6.45, 7) is 5.17. The number of nitrogens with zero attached hydrogens (tertiary/aromatic N) is 1. The number of para-hydroxylation sites is 1. The number of halogens is 1. The van der Waals surface area contributed by atoms with Gasteiger partial charge in [0.1, 0.15) is 5.82 Å². The van der Waals surface area contributed by atoms with Gasteiger partial charge in [0.05, 0.1) is 16.8 Å². The van der Waals surface area contributed by atoms with Gasteiger partial charge in [-0.15, -0.1) is 0 Å². The molecule has 2 amide bonds. The van der Waals surface area contributed by atoms with Gasteiger partial charge >= 0.3 is 0 Å². The lowest BCUT2D eigenvalue weighted by Crippen LogP contribution is -2.30. The third kappa shape index (κ3) is 2.40. The van der Waals surface area contributed by atoms with E-state index in [1.54, 1.807) is 32.9 Å². The third-order valence-corrected chi connectivity index (χ3v) is 5.36. The van der Waals surface area contributed by atoms with Crippen LogP contribution < -0.4 is 4.90 Å². The molecule has 3 aromatic carbocycles. The quantitative estimate of drug-likeness (QED) is 0.589. The van der Waals surface area contributed by atoms with E-state index in [2.05, 4.69) is 0 Å². The molecule has 0 radical (unpaired) electrons. The van der Waals surface area contributed by atoms with Gasteiger partial charge < -0.3 is 0 Å². The molecule has 0 unspecified atom stereocenters. The first kappa shape index (κ1) is 17.2. The summed E-state index contributed by atoms with van der Waals surface area (Å²) >= 11 is 0. The van der Waals surface area contributed by atoms with Crippen molar-refractivity contribution in [2.75, 3.05) is 4.90 Å². The normalized spacial score (nSPS) is 13.3. The summed E-state index contributed by atoms with van der Waals surface area (Å²) in [4.78, 5) is 27.4. The van der Waals surface area contributed by atoms with E-state index in [-0.39, 0.29) is 11.1 Å². The molecule has 1 heterocycles. The maximum Gasteiger partial charge on any atom is 0.269 e. The SMILES string of the molecule is Cc1c(C)c(F)c2c(c1C)C(=O)N(c1ccccc1-c1ccccc1)C2=O. The standard InChI is InChI=1S/C23H18FNO2/c1-13-14(2)19-20(21(24)15(13)3)23(27)25(22(19)26)18-12-8-7-11-17(18)16-9-5-4-6-10-16/h4-12H,1-3H3. The first-order chi connectivity index (χ1) is 12.9. The zero-order chi connectivity index (χ0) is 19.3. The second kappa shape index (κ2) is 6.16. The average molecular weight is 359 g/mol. The maximum absolute atomic E-state index is 14.9. The van der Waals surface area contributed by atoms with Crippen molar-refractivity contribution in [2.45, 2.75) is 20.8 Å². The van der Waals surface area contributed by atoms with Crippen LogP contribution in [0.2, 0.25) is 0 Å². The first-order valence-electron chi connectivity index (χ1n) is 8.76. The van der Waals surface area contributed by atoms with Gasteiger partial charge in [0, 0.05) is 5.56 Å². The summed E-state index contributed by atoms with van der Waals surface area (Å²) in [6.07, 6.45) is 0. The molecule has 4 rings (SSSR count). The highest BCUT2D eigenvalue weighted by Gasteiger charge is 2.42. The van der Waals surface area contributed by atoms with Crippen LogP contribution in [0.1, 0.15) is 37.4 Å². The highest BCUT2D eigenvalue weighted by atomic mass is 19.1. The van der Waals surface area contributed by atoms with E-state index in [1.165, 1.54) is 0 Å². The van der Waals surface area contributed by atoms with Gasteiger partial charge in [0.2, 0.25) is 0 Å². The molecule has 0 fully saturated rings. The van der Waals surface area contributed by atoms with Crippen LogP contribution >= 0.6 is 0 Å². The molecule has 0 aromatic heterocycles. The Hall–Kier alpha value is -3.27. The summed E-state index contributed by atoms with van der Waals surface area (Å²) in [5, 5.41) is 0. The van der Waals surface area contributed by atoms with Gasteiger partial charge in [-0.05, 0) is 49.1 Å². The van der Waals surface area contributed by atoms with Gasteiger partial charge in [-0.1, -0.05) is 48.5 Å². The molecule has 0 N–H and O–H groups in total. The van der Waals surface area contributed by atoms with Gasteiger partial charge in [0.25, 0.3) is 11.8 Å². The summed E-state index contributed by atoms with van der Waals surface area (Å²) in [5.74, 6) is -1.69. The number of hydrogen-bond donors (Lipinski definition) is 0. The molecule has 0 spiro atoms. The maximum atomic E-state index is 14.9. The van der Waals surface area contributed by atoms with Crippen molar-refractivity contribution < 1.29 is 14.0 Å². The first-order valence-corrected chi connectivity index (χ1v) is 8.76. The topological polar surface area (TPSA) is 37.4 Å². The zero-order valence-corrected chi connectivity index (χ0v) is 15.3. The minimum Gasteiger partial charge on any atom is -0.268 e. The Balaban J connectivity index is 1.94. The molecule has 0 aliphatic carbocycles. The summed E-state index contributed by atoms with van der Waals surface area (Å²) < 4.78 is 14.9. The van der Waals surface area contributed by atoms with Crippen LogP contribution in [0.5, 0.6) is 0 Å². The van der Waals surface area contributed by atoms with E-state index in [9.17, 15) is 14.0 Å². The predicted octanol–water partition coefficient (Wildman–Crippen LogP) is 5.22. The van der Waals surface area contributed by atoms with E-state index < -0.39 is 17.6 Å². The summed E-state index contributed by atoms with van der Waals surface area (Å²) in [7, 11) is 0. The zero-order valence-electron chi connectivity index (χ0n) is 15.3. The molecule has 0 bridgehead atoms. The van der Waals surface area contributed by atoms with Crippen LogP contribution in [-0.4, -0.2) is 11.8 Å². The minimum atomic E-state index is -0.609. The van der Waals surface area contributed by atoms with Gasteiger partial charge in [-0.2, -0.15) is 0 Å². The number of imide groups is 1. The smallest absolute Gasteiger partial charge is 0.268 e. The largest absolute Gasteiger partial charge is 0.269 e. The highest BCUT2D eigenvalue weighted by molar-refractivity contribution is 6.36. The Morgan fingerprint density at radius 2 is 1.30 bits per heavy atom. The van der Waals surface area contributed by atoms with E-state index in [0.717, 1.165) is 16.0 Å². The second-order valence-electron chi connectivity index (χ2n) is 6.77. The van der Waals surface area contributed by atoms with E-state index in [1.807, 2.05) is 42.5 Å². The van der Waals surface area contributed by atoms with Crippen molar-refractivity contribution in [3.8, 4) is 11.1 Å². The minimum absolute atomic E-state index is 0.122. The number of carbonyl (C=O) groups is 2.